The molecular formula is C20H31N3O2. The molecule has 1 saturated heterocycles. The summed E-state index contributed by atoms with van der Waals surface area (Å²) in [6.07, 6.45) is 5.94. The van der Waals surface area contributed by atoms with Crippen molar-refractivity contribution in [2.75, 3.05) is 32.9 Å². The fourth-order valence-corrected chi connectivity index (χ4v) is 2.63. The number of hydrogen-bond donors (Lipinski definition) is 2. The molecule has 2 rings (SSSR count). The summed E-state index contributed by atoms with van der Waals surface area (Å²) >= 11 is 0. The third-order valence-electron chi connectivity index (χ3n) is 4.05. The second-order valence-corrected chi connectivity index (χ2v) is 6.18. The van der Waals surface area contributed by atoms with Crippen LogP contribution < -0.4 is 10.6 Å². The SMILES string of the molecule is C=CCNC(=NCCCCOCc1ccccc1)NC1CCOCC1. The van der Waals surface area contributed by atoms with E-state index in [2.05, 4.69) is 34.3 Å². The Kier molecular flexibility index (Phi) is 9.74. The van der Waals surface area contributed by atoms with Gasteiger partial charge in [0.25, 0.3) is 0 Å². The molecule has 1 aliphatic rings. The molecule has 0 aliphatic carbocycles. The number of ether oxygens (including phenoxy) is 2. The summed E-state index contributed by atoms with van der Waals surface area (Å²) in [7, 11) is 0. The van der Waals surface area contributed by atoms with Crippen molar-refractivity contribution >= 4 is 5.96 Å². The van der Waals surface area contributed by atoms with E-state index in [0.29, 0.717) is 12.6 Å². The monoisotopic (exact) mass is 345 g/mol. The van der Waals surface area contributed by atoms with Gasteiger partial charge < -0.3 is 20.1 Å². The highest BCUT2D eigenvalue weighted by atomic mass is 16.5. The average Bonchev–Trinajstić information content (AvgIpc) is 2.66. The number of nitrogens with one attached hydrogen (secondary N) is 2. The van der Waals surface area contributed by atoms with Gasteiger partial charge >= 0.3 is 0 Å². The van der Waals surface area contributed by atoms with E-state index in [4.69, 9.17) is 9.47 Å². The third-order valence-corrected chi connectivity index (χ3v) is 4.05. The fourth-order valence-electron chi connectivity index (χ4n) is 2.63. The first-order valence-corrected chi connectivity index (χ1v) is 9.23. The molecule has 5 nitrogen and oxygen atoms in total. The highest BCUT2D eigenvalue weighted by Crippen LogP contribution is 2.06. The van der Waals surface area contributed by atoms with Gasteiger partial charge in [-0.15, -0.1) is 6.58 Å². The van der Waals surface area contributed by atoms with Crippen molar-refractivity contribution in [3.8, 4) is 0 Å². The maximum absolute atomic E-state index is 5.71. The van der Waals surface area contributed by atoms with Gasteiger partial charge in [-0.3, -0.25) is 4.99 Å². The molecule has 0 atom stereocenters. The summed E-state index contributed by atoms with van der Waals surface area (Å²) in [5.41, 5.74) is 1.22. The maximum Gasteiger partial charge on any atom is 0.191 e. The standard InChI is InChI=1S/C20H31N3O2/c1-2-12-21-20(23-19-10-15-24-16-11-19)22-13-6-7-14-25-17-18-8-4-3-5-9-18/h2-5,8-9,19H,1,6-7,10-17H2,(H2,21,22,23). The minimum absolute atomic E-state index is 0.444. The summed E-state index contributed by atoms with van der Waals surface area (Å²) < 4.78 is 11.1. The largest absolute Gasteiger partial charge is 0.381 e. The second-order valence-electron chi connectivity index (χ2n) is 6.18. The summed E-state index contributed by atoms with van der Waals surface area (Å²) in [6, 6.07) is 10.7. The molecule has 0 radical (unpaired) electrons. The van der Waals surface area contributed by atoms with Gasteiger partial charge in [0, 0.05) is 39.0 Å². The van der Waals surface area contributed by atoms with Gasteiger partial charge in [0.05, 0.1) is 6.61 Å². The molecular weight excluding hydrogens is 314 g/mol. The van der Waals surface area contributed by atoms with Crippen LogP contribution in [-0.4, -0.2) is 44.9 Å². The van der Waals surface area contributed by atoms with Crippen LogP contribution in [0.2, 0.25) is 0 Å². The van der Waals surface area contributed by atoms with Gasteiger partial charge in [0.15, 0.2) is 5.96 Å². The van der Waals surface area contributed by atoms with E-state index in [9.17, 15) is 0 Å². The van der Waals surface area contributed by atoms with Crippen LogP contribution >= 0.6 is 0 Å². The van der Waals surface area contributed by atoms with Crippen molar-refractivity contribution in [3.05, 3.63) is 48.6 Å². The first-order chi connectivity index (χ1) is 12.4. The summed E-state index contributed by atoms with van der Waals surface area (Å²) in [6.45, 7) is 8.37. The van der Waals surface area contributed by atoms with Crippen molar-refractivity contribution < 1.29 is 9.47 Å². The molecule has 1 fully saturated rings. The number of rotatable bonds is 10. The Morgan fingerprint density at radius 2 is 2.04 bits per heavy atom. The van der Waals surface area contributed by atoms with Gasteiger partial charge in [0.1, 0.15) is 0 Å². The molecule has 1 aliphatic heterocycles. The van der Waals surface area contributed by atoms with E-state index in [1.54, 1.807) is 0 Å². The quantitative estimate of drug-likeness (QED) is 0.296. The summed E-state index contributed by atoms with van der Waals surface area (Å²) in [4.78, 5) is 4.66. The highest BCUT2D eigenvalue weighted by Gasteiger charge is 2.14. The zero-order valence-corrected chi connectivity index (χ0v) is 15.1. The van der Waals surface area contributed by atoms with E-state index in [1.807, 2.05) is 24.3 Å². The van der Waals surface area contributed by atoms with Crippen LogP contribution in [0.15, 0.2) is 48.0 Å². The summed E-state index contributed by atoms with van der Waals surface area (Å²) in [5.74, 6) is 0.872. The molecule has 0 amide bonds. The Bertz CT molecular complexity index is 499. The number of aliphatic imine (C=N–C) groups is 1. The molecule has 138 valence electrons. The van der Waals surface area contributed by atoms with E-state index in [-0.39, 0.29) is 0 Å². The van der Waals surface area contributed by atoms with Crippen LogP contribution in [0.1, 0.15) is 31.2 Å². The Balaban J connectivity index is 1.60. The van der Waals surface area contributed by atoms with E-state index in [1.165, 1.54) is 5.56 Å². The molecule has 1 aromatic rings. The van der Waals surface area contributed by atoms with Crippen molar-refractivity contribution in [3.63, 3.8) is 0 Å². The lowest BCUT2D eigenvalue weighted by molar-refractivity contribution is 0.0822. The topological polar surface area (TPSA) is 54.9 Å². The number of benzene rings is 1. The fraction of sp³-hybridized carbons (Fsp3) is 0.550. The lowest BCUT2D eigenvalue weighted by Crippen LogP contribution is -2.45. The minimum atomic E-state index is 0.444. The molecule has 0 aromatic heterocycles. The number of guanidine groups is 1. The Hall–Kier alpha value is -1.85. The Labute approximate surface area is 151 Å². The van der Waals surface area contributed by atoms with E-state index in [0.717, 1.165) is 64.6 Å². The predicted molar refractivity (Wildman–Crippen MR) is 103 cm³/mol. The Morgan fingerprint density at radius 1 is 1.24 bits per heavy atom. The predicted octanol–water partition coefficient (Wildman–Crippen LogP) is 2.88. The second kappa shape index (κ2) is 12.5. The van der Waals surface area contributed by atoms with Crippen LogP contribution in [-0.2, 0) is 16.1 Å². The maximum atomic E-state index is 5.71. The minimum Gasteiger partial charge on any atom is -0.381 e. The van der Waals surface area contributed by atoms with Gasteiger partial charge in [-0.25, -0.2) is 0 Å². The van der Waals surface area contributed by atoms with Crippen LogP contribution in [0.25, 0.3) is 0 Å². The number of hydrogen-bond acceptors (Lipinski definition) is 3. The van der Waals surface area contributed by atoms with Crippen LogP contribution in [0, 0.1) is 0 Å². The van der Waals surface area contributed by atoms with E-state index < -0.39 is 0 Å². The van der Waals surface area contributed by atoms with Crippen LogP contribution in [0.5, 0.6) is 0 Å². The molecule has 0 bridgehead atoms. The van der Waals surface area contributed by atoms with Gasteiger partial charge in [-0.2, -0.15) is 0 Å². The van der Waals surface area contributed by atoms with Crippen molar-refractivity contribution in [1.29, 1.82) is 0 Å². The molecule has 0 spiro atoms. The molecule has 2 N–H and O–H groups in total. The van der Waals surface area contributed by atoms with Crippen molar-refractivity contribution in [2.24, 2.45) is 4.99 Å². The zero-order chi connectivity index (χ0) is 17.6. The molecule has 0 saturated carbocycles. The third kappa shape index (κ3) is 8.70. The van der Waals surface area contributed by atoms with Crippen LogP contribution in [0.3, 0.4) is 0 Å². The average molecular weight is 345 g/mol. The first-order valence-electron chi connectivity index (χ1n) is 9.23. The smallest absolute Gasteiger partial charge is 0.191 e. The van der Waals surface area contributed by atoms with Gasteiger partial charge in [-0.1, -0.05) is 36.4 Å². The lowest BCUT2D eigenvalue weighted by Gasteiger charge is -2.25. The van der Waals surface area contributed by atoms with Gasteiger partial charge in [0.2, 0.25) is 0 Å². The Morgan fingerprint density at radius 3 is 2.80 bits per heavy atom. The molecule has 25 heavy (non-hydrogen) atoms. The van der Waals surface area contributed by atoms with E-state index >= 15 is 0 Å². The van der Waals surface area contributed by atoms with Crippen LogP contribution in [0.4, 0.5) is 0 Å². The number of unbranched alkanes of at least 4 members (excludes halogenated alkanes) is 1. The molecule has 1 heterocycles. The lowest BCUT2D eigenvalue weighted by atomic mass is 10.1. The molecule has 1 aromatic carbocycles. The zero-order valence-electron chi connectivity index (χ0n) is 15.1. The normalized spacial score (nSPS) is 15.8. The van der Waals surface area contributed by atoms with Crippen molar-refractivity contribution in [1.82, 2.24) is 10.6 Å². The summed E-state index contributed by atoms with van der Waals surface area (Å²) in [5, 5.41) is 6.78. The molecule has 0 unspecified atom stereocenters. The molecule has 5 heteroatoms. The first kappa shape index (κ1) is 19.5. The highest BCUT2D eigenvalue weighted by molar-refractivity contribution is 5.80. The van der Waals surface area contributed by atoms with Crippen molar-refractivity contribution in [2.45, 2.75) is 38.3 Å². The van der Waals surface area contributed by atoms with Gasteiger partial charge in [-0.05, 0) is 31.2 Å². The number of nitrogens with zero attached hydrogens (tertiary/aromatic N) is 1.